The van der Waals surface area contributed by atoms with Gasteiger partial charge in [-0.05, 0) is 36.8 Å². The summed E-state index contributed by atoms with van der Waals surface area (Å²) in [5, 5.41) is 2.67. The van der Waals surface area contributed by atoms with Crippen LogP contribution in [0.1, 0.15) is 15.9 Å². The lowest BCUT2D eigenvalue weighted by atomic mass is 10.1. The lowest BCUT2D eigenvalue weighted by Crippen LogP contribution is -2.17. The standard InChI is InChI=1S/C15H16FN3O2/c1-9-3-5-11(13(7-9)19-17)15(20)18-10-4-6-12(16)14(8-10)21-2/h3-8,19H,17H2,1-2H3,(H,18,20). The quantitative estimate of drug-likeness (QED) is 0.597. The van der Waals surface area contributed by atoms with Crippen molar-refractivity contribution < 1.29 is 13.9 Å². The summed E-state index contributed by atoms with van der Waals surface area (Å²) in [6.07, 6.45) is 0. The summed E-state index contributed by atoms with van der Waals surface area (Å²) in [4.78, 5) is 12.2. The Balaban J connectivity index is 2.26. The molecule has 2 rings (SSSR count). The van der Waals surface area contributed by atoms with E-state index in [1.165, 1.54) is 25.3 Å². The molecule has 4 N–H and O–H groups in total. The van der Waals surface area contributed by atoms with E-state index in [0.717, 1.165) is 5.56 Å². The van der Waals surface area contributed by atoms with Gasteiger partial charge in [0, 0.05) is 11.8 Å². The number of carbonyl (C=O) groups excluding carboxylic acids is 1. The van der Waals surface area contributed by atoms with Gasteiger partial charge in [0.15, 0.2) is 11.6 Å². The Morgan fingerprint density at radius 1 is 1.24 bits per heavy atom. The predicted molar refractivity (Wildman–Crippen MR) is 79.9 cm³/mol. The van der Waals surface area contributed by atoms with Crippen LogP contribution in [0.4, 0.5) is 15.8 Å². The zero-order chi connectivity index (χ0) is 15.4. The predicted octanol–water partition coefficient (Wildman–Crippen LogP) is 2.68. The third-order valence-electron chi connectivity index (χ3n) is 2.98. The molecular formula is C15H16FN3O2. The van der Waals surface area contributed by atoms with Crippen LogP contribution in [0, 0.1) is 12.7 Å². The zero-order valence-corrected chi connectivity index (χ0v) is 11.7. The van der Waals surface area contributed by atoms with Crippen molar-refractivity contribution in [2.75, 3.05) is 17.9 Å². The summed E-state index contributed by atoms with van der Waals surface area (Å²) >= 11 is 0. The first-order chi connectivity index (χ1) is 10.0. The molecule has 0 heterocycles. The Morgan fingerprint density at radius 2 is 2.00 bits per heavy atom. The summed E-state index contributed by atoms with van der Waals surface area (Å²) in [5.41, 5.74) is 4.81. The zero-order valence-electron chi connectivity index (χ0n) is 11.7. The molecule has 2 aromatic carbocycles. The van der Waals surface area contributed by atoms with Gasteiger partial charge < -0.3 is 15.5 Å². The van der Waals surface area contributed by atoms with Crippen LogP contribution in [0.25, 0.3) is 0 Å². The van der Waals surface area contributed by atoms with Crippen LogP contribution in [-0.4, -0.2) is 13.0 Å². The Morgan fingerprint density at radius 3 is 2.67 bits per heavy atom. The largest absolute Gasteiger partial charge is 0.494 e. The Bertz CT molecular complexity index is 674. The van der Waals surface area contributed by atoms with Crippen LogP contribution >= 0.6 is 0 Å². The monoisotopic (exact) mass is 289 g/mol. The van der Waals surface area contributed by atoms with Gasteiger partial charge in [0.2, 0.25) is 0 Å². The van der Waals surface area contributed by atoms with Crippen LogP contribution in [-0.2, 0) is 0 Å². The van der Waals surface area contributed by atoms with E-state index in [-0.39, 0.29) is 11.7 Å². The molecule has 0 radical (unpaired) electrons. The van der Waals surface area contributed by atoms with Gasteiger partial charge in [-0.3, -0.25) is 10.6 Å². The van der Waals surface area contributed by atoms with Crippen molar-refractivity contribution in [1.29, 1.82) is 0 Å². The van der Waals surface area contributed by atoms with Gasteiger partial charge >= 0.3 is 0 Å². The molecular weight excluding hydrogens is 273 g/mol. The van der Waals surface area contributed by atoms with Crippen molar-refractivity contribution in [1.82, 2.24) is 0 Å². The van der Waals surface area contributed by atoms with Gasteiger partial charge in [-0.1, -0.05) is 6.07 Å². The maximum absolute atomic E-state index is 13.3. The molecule has 1 amide bonds. The molecule has 0 saturated heterocycles. The molecule has 0 aromatic heterocycles. The number of methoxy groups -OCH3 is 1. The molecule has 0 saturated carbocycles. The van der Waals surface area contributed by atoms with Crippen LogP contribution in [0.15, 0.2) is 36.4 Å². The second-order valence-electron chi connectivity index (χ2n) is 4.50. The second kappa shape index (κ2) is 6.23. The Hall–Kier alpha value is -2.60. The van der Waals surface area contributed by atoms with E-state index in [1.54, 1.807) is 18.2 Å². The van der Waals surface area contributed by atoms with E-state index in [1.807, 2.05) is 6.92 Å². The summed E-state index contributed by atoms with van der Waals surface area (Å²) < 4.78 is 18.2. The molecule has 0 bridgehead atoms. The molecule has 0 aliphatic carbocycles. The molecule has 0 aliphatic heterocycles. The number of hydrogen-bond donors (Lipinski definition) is 3. The molecule has 6 heteroatoms. The second-order valence-corrected chi connectivity index (χ2v) is 4.50. The van der Waals surface area contributed by atoms with E-state index in [0.29, 0.717) is 16.9 Å². The number of benzene rings is 2. The molecule has 2 aromatic rings. The number of hydrogen-bond acceptors (Lipinski definition) is 4. The highest BCUT2D eigenvalue weighted by Gasteiger charge is 2.12. The van der Waals surface area contributed by atoms with Crippen molar-refractivity contribution in [2.24, 2.45) is 5.84 Å². The summed E-state index contributed by atoms with van der Waals surface area (Å²) in [6.45, 7) is 1.90. The fourth-order valence-corrected chi connectivity index (χ4v) is 1.91. The van der Waals surface area contributed by atoms with Crippen molar-refractivity contribution in [3.05, 3.63) is 53.3 Å². The highest BCUT2D eigenvalue weighted by molar-refractivity contribution is 6.08. The van der Waals surface area contributed by atoms with Crippen molar-refractivity contribution in [3.63, 3.8) is 0 Å². The van der Waals surface area contributed by atoms with Gasteiger partial charge in [-0.15, -0.1) is 0 Å². The highest BCUT2D eigenvalue weighted by atomic mass is 19.1. The molecule has 110 valence electrons. The number of halogens is 1. The number of nitrogen functional groups attached to an aromatic ring is 1. The lowest BCUT2D eigenvalue weighted by Gasteiger charge is -2.11. The average Bonchev–Trinajstić information content (AvgIpc) is 2.48. The Kier molecular flexibility index (Phi) is 4.39. The van der Waals surface area contributed by atoms with Crippen LogP contribution in [0.2, 0.25) is 0 Å². The smallest absolute Gasteiger partial charge is 0.257 e. The van der Waals surface area contributed by atoms with Crippen molar-refractivity contribution in [2.45, 2.75) is 6.92 Å². The van der Waals surface area contributed by atoms with Gasteiger partial charge in [0.1, 0.15) is 0 Å². The maximum atomic E-state index is 13.3. The van der Waals surface area contributed by atoms with E-state index in [2.05, 4.69) is 10.7 Å². The number of nitrogens with one attached hydrogen (secondary N) is 2. The van der Waals surface area contributed by atoms with E-state index >= 15 is 0 Å². The summed E-state index contributed by atoms with van der Waals surface area (Å²) in [7, 11) is 1.36. The number of ether oxygens (including phenoxy) is 1. The van der Waals surface area contributed by atoms with Gasteiger partial charge in [-0.25, -0.2) is 4.39 Å². The van der Waals surface area contributed by atoms with Gasteiger partial charge in [0.05, 0.1) is 18.4 Å². The number of carbonyl (C=O) groups is 1. The number of aryl methyl sites for hydroxylation is 1. The van der Waals surface area contributed by atoms with Crippen LogP contribution < -0.4 is 21.3 Å². The lowest BCUT2D eigenvalue weighted by molar-refractivity contribution is 0.102. The van der Waals surface area contributed by atoms with Crippen molar-refractivity contribution >= 4 is 17.3 Å². The summed E-state index contributed by atoms with van der Waals surface area (Å²) in [6, 6.07) is 9.34. The average molecular weight is 289 g/mol. The number of amides is 1. The number of anilines is 2. The highest BCUT2D eigenvalue weighted by Crippen LogP contribution is 2.23. The van der Waals surface area contributed by atoms with Gasteiger partial charge in [-0.2, -0.15) is 0 Å². The number of rotatable bonds is 4. The fraction of sp³-hybridized carbons (Fsp3) is 0.133. The fourth-order valence-electron chi connectivity index (χ4n) is 1.91. The first-order valence-electron chi connectivity index (χ1n) is 6.27. The molecule has 5 nitrogen and oxygen atoms in total. The van der Waals surface area contributed by atoms with Crippen LogP contribution in [0.3, 0.4) is 0 Å². The Labute approximate surface area is 121 Å². The van der Waals surface area contributed by atoms with E-state index < -0.39 is 5.82 Å². The maximum Gasteiger partial charge on any atom is 0.257 e. The molecule has 21 heavy (non-hydrogen) atoms. The first-order valence-corrected chi connectivity index (χ1v) is 6.27. The number of hydrazine groups is 1. The minimum absolute atomic E-state index is 0.0638. The SMILES string of the molecule is COc1cc(NC(=O)c2ccc(C)cc2NN)ccc1F. The first kappa shape index (κ1) is 14.8. The van der Waals surface area contributed by atoms with Gasteiger partial charge in [0.25, 0.3) is 5.91 Å². The summed E-state index contributed by atoms with van der Waals surface area (Å²) in [5.74, 6) is 4.64. The number of nitrogens with two attached hydrogens (primary N) is 1. The third kappa shape index (κ3) is 3.29. The molecule has 0 spiro atoms. The van der Waals surface area contributed by atoms with E-state index in [9.17, 15) is 9.18 Å². The van der Waals surface area contributed by atoms with E-state index in [4.69, 9.17) is 10.6 Å². The molecule has 0 aliphatic rings. The van der Waals surface area contributed by atoms with Crippen molar-refractivity contribution in [3.8, 4) is 5.75 Å². The molecule has 0 unspecified atom stereocenters. The topological polar surface area (TPSA) is 76.4 Å². The third-order valence-corrected chi connectivity index (χ3v) is 2.98. The normalized spacial score (nSPS) is 10.1. The molecule has 0 atom stereocenters. The molecule has 0 fully saturated rings. The minimum Gasteiger partial charge on any atom is -0.494 e. The van der Waals surface area contributed by atoms with Crippen LogP contribution in [0.5, 0.6) is 5.75 Å². The minimum atomic E-state index is -0.491.